The Morgan fingerprint density at radius 1 is 0.923 bits per heavy atom. The topological polar surface area (TPSA) is 34.1 Å². The maximum absolute atomic E-state index is 13.6. The van der Waals surface area contributed by atoms with E-state index in [0.717, 1.165) is 10.5 Å². The molecule has 2 atom stereocenters. The normalized spacial score (nSPS) is 25.1. The average Bonchev–Trinajstić information content (AvgIpc) is 3.06. The fraction of sp³-hybridized carbons (Fsp3) is 0.429. The van der Waals surface area contributed by atoms with Gasteiger partial charge in [-0.2, -0.15) is 0 Å². The quantitative estimate of drug-likeness (QED) is 0.610. The van der Waals surface area contributed by atoms with Crippen molar-refractivity contribution in [3.8, 4) is 0 Å². The third-order valence-corrected chi connectivity index (χ3v) is 15.4. The summed E-state index contributed by atoms with van der Waals surface area (Å²) >= 11 is 1.79. The minimum absolute atomic E-state index is 0.245. The van der Waals surface area contributed by atoms with E-state index in [1.165, 1.54) is 0 Å². The van der Waals surface area contributed by atoms with Crippen LogP contribution in [0.4, 0.5) is 0 Å². The van der Waals surface area contributed by atoms with Crippen molar-refractivity contribution in [3.05, 3.63) is 60.2 Å². The molecule has 2 aromatic carbocycles. The Morgan fingerprint density at radius 3 is 1.96 bits per heavy atom. The van der Waals surface area contributed by atoms with Gasteiger partial charge in [0, 0.05) is 9.27 Å². The molecule has 1 aliphatic carbocycles. The van der Waals surface area contributed by atoms with Crippen LogP contribution < -0.4 is 0 Å². The molecule has 0 bridgehead atoms. The summed E-state index contributed by atoms with van der Waals surface area (Å²) in [6.07, 6.45) is 0. The van der Waals surface area contributed by atoms with Crippen molar-refractivity contribution in [2.24, 2.45) is 5.41 Å². The second kappa shape index (κ2) is 6.25. The number of rotatable bonds is 5. The maximum Gasteiger partial charge on any atom is 0.182 e. The summed E-state index contributed by atoms with van der Waals surface area (Å²) in [4.78, 5) is 1.61. The molecule has 0 N–H and O–H groups in total. The van der Waals surface area contributed by atoms with E-state index in [2.05, 4.69) is 45.6 Å². The van der Waals surface area contributed by atoms with Crippen molar-refractivity contribution in [3.63, 3.8) is 0 Å². The summed E-state index contributed by atoms with van der Waals surface area (Å²) in [5.74, 6) is 0. The molecule has 0 spiro atoms. The fourth-order valence-electron chi connectivity index (χ4n) is 4.52. The average molecular weight is 405 g/mol. The summed E-state index contributed by atoms with van der Waals surface area (Å²) in [5, 5.41) is -0.359. The SMILES string of the molecule is Cc1ccc(S(=O)(=O)[C@@H]2C(C)(C)[C@]2(Sc2ccccc2)[Si](C)(C)C)cc1. The molecule has 0 unspecified atom stereocenters. The number of hydrogen-bond acceptors (Lipinski definition) is 3. The van der Waals surface area contributed by atoms with E-state index in [-0.39, 0.29) is 15.0 Å². The first-order chi connectivity index (χ1) is 11.9. The molecule has 2 aromatic rings. The van der Waals surface area contributed by atoms with Crippen LogP contribution in [-0.4, -0.2) is 26.1 Å². The summed E-state index contributed by atoms with van der Waals surface area (Å²) in [7, 11) is -5.21. The van der Waals surface area contributed by atoms with Gasteiger partial charge in [-0.3, -0.25) is 0 Å². The van der Waals surface area contributed by atoms with Gasteiger partial charge in [-0.15, -0.1) is 11.8 Å². The number of benzene rings is 2. The molecule has 1 saturated carbocycles. The number of hydrogen-bond donors (Lipinski definition) is 0. The lowest BCUT2D eigenvalue weighted by Crippen LogP contribution is -2.44. The fourth-order valence-corrected chi connectivity index (χ4v) is 15.3. The van der Waals surface area contributed by atoms with Gasteiger partial charge in [0.15, 0.2) is 9.84 Å². The van der Waals surface area contributed by atoms with Crippen LogP contribution in [0.2, 0.25) is 19.6 Å². The van der Waals surface area contributed by atoms with E-state index < -0.39 is 17.9 Å². The Kier molecular flexibility index (Phi) is 4.74. The molecule has 2 nitrogen and oxygen atoms in total. The van der Waals surface area contributed by atoms with E-state index in [0.29, 0.717) is 4.90 Å². The zero-order valence-electron chi connectivity index (χ0n) is 16.4. The summed E-state index contributed by atoms with van der Waals surface area (Å²) < 4.78 is 26.9. The van der Waals surface area contributed by atoms with E-state index in [4.69, 9.17) is 0 Å². The largest absolute Gasteiger partial charge is 0.223 e. The van der Waals surface area contributed by atoms with Gasteiger partial charge in [0.1, 0.15) is 0 Å². The van der Waals surface area contributed by atoms with Gasteiger partial charge in [0.25, 0.3) is 0 Å². The van der Waals surface area contributed by atoms with Crippen LogP contribution in [0.3, 0.4) is 0 Å². The molecular formula is C21H28O2S2Si. The molecule has 0 aromatic heterocycles. The molecule has 5 heteroatoms. The number of thioether (sulfide) groups is 1. The van der Waals surface area contributed by atoms with E-state index in [1.807, 2.05) is 37.3 Å². The van der Waals surface area contributed by atoms with Crippen molar-refractivity contribution >= 4 is 29.7 Å². The highest BCUT2D eigenvalue weighted by Gasteiger charge is 2.81. The van der Waals surface area contributed by atoms with Crippen molar-refractivity contribution in [1.29, 1.82) is 0 Å². The lowest BCUT2D eigenvalue weighted by atomic mass is 10.2. The highest BCUT2D eigenvalue weighted by Crippen LogP contribution is 2.72. The minimum Gasteiger partial charge on any atom is -0.223 e. The predicted octanol–water partition coefficient (Wildman–Crippen LogP) is 5.59. The third-order valence-electron chi connectivity index (χ3n) is 5.69. The Bertz CT molecular complexity index is 897. The van der Waals surface area contributed by atoms with Gasteiger partial charge < -0.3 is 0 Å². The van der Waals surface area contributed by atoms with Gasteiger partial charge in [0.2, 0.25) is 0 Å². The van der Waals surface area contributed by atoms with Crippen molar-refractivity contribution in [1.82, 2.24) is 0 Å². The standard InChI is InChI=1S/C21H28O2S2Si/c1-16-12-14-18(15-13-16)25(22,23)19-20(2,3)21(19,26(4,5)6)24-17-10-8-7-9-11-17/h7-15,19H,1-6H3/t19-,21-/m1/s1. The molecule has 26 heavy (non-hydrogen) atoms. The minimum atomic E-state index is -3.39. The molecule has 0 amide bonds. The lowest BCUT2D eigenvalue weighted by molar-refractivity contribution is 0.578. The Balaban J connectivity index is 2.10. The molecule has 0 radical (unpaired) electrons. The zero-order chi connectivity index (χ0) is 19.4. The van der Waals surface area contributed by atoms with Crippen LogP contribution in [0, 0.1) is 12.3 Å². The molecule has 1 fully saturated rings. The highest BCUT2D eigenvalue weighted by molar-refractivity contribution is 8.05. The molecule has 140 valence electrons. The van der Waals surface area contributed by atoms with Crippen LogP contribution in [0.25, 0.3) is 0 Å². The van der Waals surface area contributed by atoms with Crippen LogP contribution in [0.5, 0.6) is 0 Å². The Hall–Kier alpha value is -1.04. The Morgan fingerprint density at radius 2 is 1.46 bits per heavy atom. The van der Waals surface area contributed by atoms with Crippen LogP contribution >= 0.6 is 11.8 Å². The van der Waals surface area contributed by atoms with E-state index >= 15 is 0 Å². The molecule has 0 saturated heterocycles. The summed E-state index contributed by atoms with van der Waals surface area (Å²) in [5.41, 5.74) is 0.816. The zero-order valence-corrected chi connectivity index (χ0v) is 19.0. The lowest BCUT2D eigenvalue weighted by Gasteiger charge is -2.32. The van der Waals surface area contributed by atoms with Crippen molar-refractivity contribution in [2.45, 2.75) is 59.8 Å². The summed E-state index contributed by atoms with van der Waals surface area (Å²) in [6.45, 7) is 13.2. The van der Waals surface area contributed by atoms with Crippen molar-refractivity contribution < 1.29 is 8.42 Å². The molecule has 1 aliphatic rings. The molecule has 0 aliphatic heterocycles. The monoisotopic (exact) mass is 404 g/mol. The molecule has 0 heterocycles. The van der Waals surface area contributed by atoms with Gasteiger partial charge in [0.05, 0.1) is 18.2 Å². The third kappa shape index (κ3) is 2.88. The Labute approximate surface area is 163 Å². The van der Waals surface area contributed by atoms with Gasteiger partial charge in [-0.1, -0.05) is 69.4 Å². The van der Waals surface area contributed by atoms with Crippen LogP contribution in [0.15, 0.2) is 64.4 Å². The van der Waals surface area contributed by atoms with Gasteiger partial charge in [-0.05, 0) is 36.6 Å². The highest BCUT2D eigenvalue weighted by atomic mass is 32.2. The summed E-state index contributed by atoms with van der Waals surface area (Å²) in [6, 6.07) is 17.6. The molecule has 3 rings (SSSR count). The first-order valence-electron chi connectivity index (χ1n) is 8.99. The first-order valence-corrected chi connectivity index (χ1v) is 14.9. The smallest absolute Gasteiger partial charge is 0.182 e. The number of aryl methyl sites for hydroxylation is 1. The van der Waals surface area contributed by atoms with Gasteiger partial charge in [-0.25, -0.2) is 8.42 Å². The second-order valence-corrected chi connectivity index (χ2v) is 17.9. The van der Waals surface area contributed by atoms with E-state index in [9.17, 15) is 8.42 Å². The van der Waals surface area contributed by atoms with E-state index in [1.54, 1.807) is 23.9 Å². The van der Waals surface area contributed by atoms with Crippen molar-refractivity contribution in [2.75, 3.05) is 0 Å². The predicted molar refractivity (Wildman–Crippen MR) is 114 cm³/mol. The molecular weight excluding hydrogens is 376 g/mol. The number of sulfone groups is 1. The first kappa shape index (κ1) is 19.7. The maximum atomic E-state index is 13.6. The van der Waals surface area contributed by atoms with Crippen LogP contribution in [-0.2, 0) is 9.84 Å². The van der Waals surface area contributed by atoms with Crippen LogP contribution in [0.1, 0.15) is 19.4 Å². The van der Waals surface area contributed by atoms with Gasteiger partial charge >= 0.3 is 0 Å². The second-order valence-electron chi connectivity index (χ2n) is 8.86.